The quantitative estimate of drug-likeness (QED) is 0.0375. The van der Waals surface area contributed by atoms with E-state index < -0.39 is 24.2 Å². The number of nitrogens with one attached hydrogen (secondary N) is 1. The average molecular weight is 718 g/mol. The molecule has 3 atom stereocenters. The van der Waals surface area contributed by atoms with E-state index in [9.17, 15) is 20.1 Å². The molecular weight excluding hydrogens is 631 g/mol. The van der Waals surface area contributed by atoms with Crippen LogP contribution in [0.1, 0.15) is 226 Å². The molecule has 0 spiro atoms. The molecule has 51 heavy (non-hydrogen) atoms. The molecule has 0 aromatic heterocycles. The van der Waals surface area contributed by atoms with Gasteiger partial charge in [-0.15, -0.1) is 0 Å². The molecule has 0 radical (unpaired) electrons. The lowest BCUT2D eigenvalue weighted by atomic mass is 10.0. The normalized spacial score (nSPS) is 13.9. The van der Waals surface area contributed by atoms with Gasteiger partial charge in [0.05, 0.1) is 18.8 Å². The highest BCUT2D eigenvalue weighted by Gasteiger charge is 2.22. The van der Waals surface area contributed by atoms with Crippen molar-refractivity contribution in [2.45, 2.75) is 244 Å². The van der Waals surface area contributed by atoms with Crippen molar-refractivity contribution in [1.82, 2.24) is 5.32 Å². The number of carbonyl (C=O) groups is 1. The number of rotatable bonds is 40. The average Bonchev–Trinajstić information content (AvgIpc) is 3.13. The number of unbranched alkanes of at least 4 members (excludes halogenated alkanes) is 28. The molecule has 0 aromatic carbocycles. The molecule has 300 valence electrons. The summed E-state index contributed by atoms with van der Waals surface area (Å²) in [6.07, 6.45) is 51.8. The Labute approximate surface area is 317 Å². The van der Waals surface area contributed by atoms with Crippen LogP contribution in [-0.2, 0) is 4.79 Å². The Balaban J connectivity index is 3.73. The Bertz CT molecular complexity index is 794. The fourth-order valence-corrected chi connectivity index (χ4v) is 6.69. The maximum Gasteiger partial charge on any atom is 0.249 e. The SMILES string of the molecule is CCCCCCCCCCCCCCC/C=C/CC/C=C/CC/C=C/C(O)C(CO)NC(=O)C(O)CCCCCCCCCCCCCCCC. The first kappa shape index (κ1) is 49.6. The third kappa shape index (κ3) is 36.7. The maximum absolute atomic E-state index is 12.4. The van der Waals surface area contributed by atoms with Gasteiger partial charge in [-0.2, -0.15) is 0 Å². The topological polar surface area (TPSA) is 89.8 Å². The number of carbonyl (C=O) groups excluding carboxylic acids is 1. The summed E-state index contributed by atoms with van der Waals surface area (Å²) in [6.45, 7) is 4.17. The molecule has 0 heterocycles. The van der Waals surface area contributed by atoms with E-state index in [1.807, 2.05) is 6.08 Å². The Hall–Kier alpha value is -1.43. The summed E-state index contributed by atoms with van der Waals surface area (Å²) >= 11 is 0. The van der Waals surface area contributed by atoms with Crippen LogP contribution in [0.2, 0.25) is 0 Å². The summed E-state index contributed by atoms with van der Waals surface area (Å²) in [5.74, 6) is -0.516. The van der Waals surface area contributed by atoms with Gasteiger partial charge in [-0.25, -0.2) is 0 Å². The summed E-state index contributed by atoms with van der Waals surface area (Å²) in [6, 6.07) is -0.818. The predicted molar refractivity (Wildman–Crippen MR) is 222 cm³/mol. The van der Waals surface area contributed by atoms with Crippen LogP contribution in [0.15, 0.2) is 36.5 Å². The second-order valence-electron chi connectivity index (χ2n) is 15.2. The zero-order chi connectivity index (χ0) is 37.3. The van der Waals surface area contributed by atoms with Crippen molar-refractivity contribution < 1.29 is 20.1 Å². The third-order valence-corrected chi connectivity index (χ3v) is 10.2. The minimum absolute atomic E-state index is 0.379. The molecule has 5 heteroatoms. The second kappa shape index (κ2) is 41.3. The summed E-state index contributed by atoms with van der Waals surface area (Å²) < 4.78 is 0. The van der Waals surface area contributed by atoms with Gasteiger partial charge in [0.25, 0.3) is 0 Å². The summed E-state index contributed by atoms with van der Waals surface area (Å²) in [5.41, 5.74) is 0. The Morgan fingerprint density at radius 3 is 1.20 bits per heavy atom. The van der Waals surface area contributed by atoms with E-state index >= 15 is 0 Å². The zero-order valence-electron chi connectivity index (χ0n) is 34.0. The minimum atomic E-state index is -1.10. The van der Waals surface area contributed by atoms with Crippen molar-refractivity contribution in [3.8, 4) is 0 Å². The van der Waals surface area contributed by atoms with E-state index in [1.54, 1.807) is 6.08 Å². The first-order valence-corrected chi connectivity index (χ1v) is 22.3. The van der Waals surface area contributed by atoms with Gasteiger partial charge in [-0.05, 0) is 44.9 Å². The smallest absolute Gasteiger partial charge is 0.249 e. The second-order valence-corrected chi connectivity index (χ2v) is 15.2. The summed E-state index contributed by atoms with van der Waals surface area (Å²) in [7, 11) is 0. The molecule has 0 aliphatic carbocycles. The third-order valence-electron chi connectivity index (χ3n) is 10.2. The van der Waals surface area contributed by atoms with E-state index in [2.05, 4.69) is 43.5 Å². The van der Waals surface area contributed by atoms with E-state index in [1.165, 1.54) is 161 Å². The van der Waals surface area contributed by atoms with E-state index in [0.717, 1.165) is 44.9 Å². The van der Waals surface area contributed by atoms with Gasteiger partial charge >= 0.3 is 0 Å². The molecule has 0 rings (SSSR count). The molecule has 0 saturated heterocycles. The molecule has 4 N–H and O–H groups in total. The molecule has 0 fully saturated rings. The fourth-order valence-electron chi connectivity index (χ4n) is 6.69. The van der Waals surface area contributed by atoms with E-state index in [0.29, 0.717) is 6.42 Å². The van der Waals surface area contributed by atoms with Crippen molar-refractivity contribution in [2.24, 2.45) is 0 Å². The summed E-state index contributed by atoms with van der Waals surface area (Å²) in [5, 5.41) is 33.1. The molecule has 3 unspecified atom stereocenters. The summed E-state index contributed by atoms with van der Waals surface area (Å²) in [4.78, 5) is 12.4. The molecule has 0 aliphatic heterocycles. The highest BCUT2D eigenvalue weighted by atomic mass is 16.3. The molecular formula is C46H87NO4. The van der Waals surface area contributed by atoms with Gasteiger partial charge in [0.2, 0.25) is 5.91 Å². The molecule has 0 saturated carbocycles. The highest BCUT2D eigenvalue weighted by Crippen LogP contribution is 2.15. The number of amides is 1. The van der Waals surface area contributed by atoms with Crippen LogP contribution in [0.25, 0.3) is 0 Å². The van der Waals surface area contributed by atoms with Gasteiger partial charge in [0.1, 0.15) is 6.10 Å². The van der Waals surface area contributed by atoms with Gasteiger partial charge in [0, 0.05) is 0 Å². The van der Waals surface area contributed by atoms with Gasteiger partial charge in [-0.3, -0.25) is 4.79 Å². The van der Waals surface area contributed by atoms with Crippen LogP contribution in [0, 0.1) is 0 Å². The largest absolute Gasteiger partial charge is 0.394 e. The van der Waals surface area contributed by atoms with Gasteiger partial charge in [-0.1, -0.05) is 217 Å². The maximum atomic E-state index is 12.4. The van der Waals surface area contributed by atoms with Crippen molar-refractivity contribution in [2.75, 3.05) is 6.61 Å². The number of aliphatic hydroxyl groups excluding tert-OH is 3. The zero-order valence-corrected chi connectivity index (χ0v) is 34.0. The van der Waals surface area contributed by atoms with Crippen LogP contribution >= 0.6 is 0 Å². The monoisotopic (exact) mass is 718 g/mol. The molecule has 0 bridgehead atoms. The predicted octanol–water partition coefficient (Wildman–Crippen LogP) is 12.8. The van der Waals surface area contributed by atoms with Gasteiger partial charge in [0.15, 0.2) is 0 Å². The van der Waals surface area contributed by atoms with Crippen LogP contribution < -0.4 is 5.32 Å². The fraction of sp³-hybridized carbons (Fsp3) is 0.848. The molecule has 0 aliphatic rings. The number of hydrogen-bond acceptors (Lipinski definition) is 4. The highest BCUT2D eigenvalue weighted by molar-refractivity contribution is 5.80. The van der Waals surface area contributed by atoms with Gasteiger partial charge < -0.3 is 20.6 Å². The van der Waals surface area contributed by atoms with Crippen molar-refractivity contribution in [3.05, 3.63) is 36.5 Å². The number of hydrogen-bond donors (Lipinski definition) is 4. The van der Waals surface area contributed by atoms with Crippen LogP contribution in [0.4, 0.5) is 0 Å². The molecule has 1 amide bonds. The lowest BCUT2D eigenvalue weighted by Crippen LogP contribution is -2.48. The Morgan fingerprint density at radius 1 is 0.471 bits per heavy atom. The van der Waals surface area contributed by atoms with Crippen LogP contribution in [0.5, 0.6) is 0 Å². The standard InChI is InChI=1S/C46H87NO4/c1-3-5-7-9-11-13-15-17-19-20-21-22-23-24-25-26-27-29-30-32-34-36-38-40-44(49)43(42-48)47-46(51)45(50)41-39-37-35-33-31-28-18-16-14-12-10-8-6-4-2/h25-26,30,32,38,40,43-45,48-50H,3-24,27-29,31,33-37,39,41-42H2,1-2H3,(H,47,51)/b26-25+,32-30+,40-38+. The Kier molecular flexibility index (Phi) is 40.2. The van der Waals surface area contributed by atoms with E-state index in [-0.39, 0.29) is 6.61 Å². The molecule has 0 aromatic rings. The van der Waals surface area contributed by atoms with Crippen LogP contribution in [-0.4, -0.2) is 46.1 Å². The van der Waals surface area contributed by atoms with Crippen LogP contribution in [0.3, 0.4) is 0 Å². The van der Waals surface area contributed by atoms with E-state index in [4.69, 9.17) is 0 Å². The lowest BCUT2D eigenvalue weighted by Gasteiger charge is -2.21. The Morgan fingerprint density at radius 2 is 0.804 bits per heavy atom. The van der Waals surface area contributed by atoms with Crippen molar-refractivity contribution >= 4 is 5.91 Å². The first-order chi connectivity index (χ1) is 25.1. The number of aliphatic hydroxyl groups is 3. The molecule has 5 nitrogen and oxygen atoms in total. The number of allylic oxidation sites excluding steroid dienone is 5. The van der Waals surface area contributed by atoms with Crippen molar-refractivity contribution in [3.63, 3.8) is 0 Å². The van der Waals surface area contributed by atoms with Crippen molar-refractivity contribution in [1.29, 1.82) is 0 Å². The minimum Gasteiger partial charge on any atom is -0.394 e. The lowest BCUT2D eigenvalue weighted by molar-refractivity contribution is -0.131. The first-order valence-electron chi connectivity index (χ1n) is 22.3.